The summed E-state index contributed by atoms with van der Waals surface area (Å²) in [6.45, 7) is 7.50. The molecule has 0 aliphatic carbocycles. The van der Waals surface area contributed by atoms with E-state index in [1.165, 1.54) is 9.80 Å². The first-order chi connectivity index (χ1) is 9.84. The number of benzene rings is 1. The fraction of sp³-hybridized carbons (Fsp3) is 0.400. The van der Waals surface area contributed by atoms with Crippen LogP contribution in [0.15, 0.2) is 29.3 Å². The van der Waals surface area contributed by atoms with Gasteiger partial charge in [0, 0.05) is 15.7 Å². The van der Waals surface area contributed by atoms with Crippen LogP contribution in [0.25, 0.3) is 0 Å². The molecule has 1 aromatic rings. The van der Waals surface area contributed by atoms with Gasteiger partial charge in [-0.2, -0.15) is 0 Å². The van der Waals surface area contributed by atoms with E-state index in [4.69, 9.17) is 0 Å². The Hall–Kier alpha value is -1.44. The number of para-hydroxylation sites is 1. The van der Waals surface area contributed by atoms with Crippen molar-refractivity contribution in [3.05, 3.63) is 27.8 Å². The van der Waals surface area contributed by atoms with Gasteiger partial charge in [-0.3, -0.25) is 19.4 Å². The van der Waals surface area contributed by atoms with Gasteiger partial charge in [0.05, 0.1) is 5.69 Å². The van der Waals surface area contributed by atoms with Crippen molar-refractivity contribution in [1.82, 2.24) is 9.80 Å². The van der Waals surface area contributed by atoms with Gasteiger partial charge in [-0.1, -0.05) is 12.1 Å². The van der Waals surface area contributed by atoms with E-state index in [9.17, 15) is 9.59 Å². The van der Waals surface area contributed by atoms with Crippen LogP contribution in [0.3, 0.4) is 0 Å². The van der Waals surface area contributed by atoms with Crippen LogP contribution in [-0.4, -0.2) is 39.7 Å². The molecule has 1 heterocycles. The number of aliphatic imine (C=N–C) groups is 1. The second-order valence-electron chi connectivity index (χ2n) is 5.40. The first-order valence-electron chi connectivity index (χ1n) is 6.84. The smallest absolute Gasteiger partial charge is 0.271 e. The minimum Gasteiger partial charge on any atom is -0.271 e. The van der Waals surface area contributed by atoms with E-state index < -0.39 is 11.8 Å². The number of halogens is 1. The third-order valence-electron chi connectivity index (χ3n) is 3.16. The van der Waals surface area contributed by atoms with Crippen LogP contribution < -0.4 is 0 Å². The van der Waals surface area contributed by atoms with Crippen molar-refractivity contribution in [1.29, 1.82) is 0 Å². The Labute approximate surface area is 138 Å². The maximum atomic E-state index is 12.2. The Morgan fingerprint density at radius 1 is 0.952 bits per heavy atom. The molecule has 6 heteroatoms. The van der Waals surface area contributed by atoms with Gasteiger partial charge in [-0.25, -0.2) is 4.99 Å². The molecule has 0 atom stereocenters. The number of hydrogen-bond acceptors (Lipinski definition) is 3. The van der Waals surface area contributed by atoms with E-state index in [0.29, 0.717) is 5.96 Å². The zero-order valence-electron chi connectivity index (χ0n) is 12.5. The van der Waals surface area contributed by atoms with Crippen LogP contribution in [-0.2, 0) is 9.59 Å². The van der Waals surface area contributed by atoms with Gasteiger partial charge in [0.25, 0.3) is 0 Å². The maximum Gasteiger partial charge on any atom is 0.319 e. The van der Waals surface area contributed by atoms with Crippen molar-refractivity contribution in [3.63, 3.8) is 0 Å². The summed E-state index contributed by atoms with van der Waals surface area (Å²) in [7, 11) is 0. The molecule has 2 rings (SSSR count). The van der Waals surface area contributed by atoms with Crippen molar-refractivity contribution >= 4 is 46.1 Å². The molecule has 0 unspecified atom stereocenters. The van der Waals surface area contributed by atoms with Gasteiger partial charge in [-0.05, 0) is 62.4 Å². The minimum absolute atomic E-state index is 0.120. The lowest BCUT2D eigenvalue weighted by Gasteiger charge is -2.25. The Morgan fingerprint density at radius 2 is 1.43 bits per heavy atom. The van der Waals surface area contributed by atoms with Gasteiger partial charge in [0.1, 0.15) is 0 Å². The first-order valence-corrected chi connectivity index (χ1v) is 7.92. The van der Waals surface area contributed by atoms with E-state index in [1.54, 1.807) is 0 Å². The molecule has 112 valence electrons. The average molecular weight is 399 g/mol. The van der Waals surface area contributed by atoms with Gasteiger partial charge >= 0.3 is 11.8 Å². The van der Waals surface area contributed by atoms with Crippen LogP contribution in [0.1, 0.15) is 27.7 Å². The molecule has 0 N–H and O–H groups in total. The Morgan fingerprint density at radius 3 is 1.86 bits per heavy atom. The summed E-state index contributed by atoms with van der Waals surface area (Å²) in [6.07, 6.45) is 0. The molecule has 1 saturated heterocycles. The van der Waals surface area contributed by atoms with Crippen LogP contribution in [0.4, 0.5) is 5.69 Å². The number of nitrogens with zero attached hydrogens (tertiary/aromatic N) is 3. The second kappa shape index (κ2) is 6.13. The summed E-state index contributed by atoms with van der Waals surface area (Å²) >= 11 is 2.19. The predicted octanol–water partition coefficient (Wildman–Crippen LogP) is 2.77. The Balaban J connectivity index is 2.57. The molecule has 0 spiro atoms. The number of carbonyl (C=O) groups is 2. The van der Waals surface area contributed by atoms with E-state index in [2.05, 4.69) is 27.6 Å². The quantitative estimate of drug-likeness (QED) is 0.580. The monoisotopic (exact) mass is 399 g/mol. The molecule has 2 amide bonds. The SMILES string of the molecule is CC(C)N1C(=O)C(=O)N(C(C)C)C1=Nc1ccccc1I. The lowest BCUT2D eigenvalue weighted by atomic mass is 10.3. The molecule has 1 fully saturated rings. The highest BCUT2D eigenvalue weighted by Crippen LogP contribution is 2.25. The summed E-state index contributed by atoms with van der Waals surface area (Å²) in [5.74, 6) is -0.606. The van der Waals surface area contributed by atoms with Crippen molar-refractivity contribution in [2.45, 2.75) is 39.8 Å². The summed E-state index contributed by atoms with van der Waals surface area (Å²) in [6, 6.07) is 7.39. The molecule has 0 radical (unpaired) electrons. The molecular weight excluding hydrogens is 381 g/mol. The van der Waals surface area contributed by atoms with E-state index in [-0.39, 0.29) is 12.1 Å². The van der Waals surface area contributed by atoms with Crippen LogP contribution in [0.2, 0.25) is 0 Å². The number of rotatable bonds is 3. The van der Waals surface area contributed by atoms with E-state index >= 15 is 0 Å². The zero-order valence-corrected chi connectivity index (χ0v) is 14.7. The molecule has 1 aliphatic rings. The molecule has 0 aromatic heterocycles. The standard InChI is InChI=1S/C15H18IN3O2/c1-9(2)18-13(20)14(21)19(10(3)4)15(18)17-12-8-6-5-7-11(12)16/h5-10H,1-4H3. The van der Waals surface area contributed by atoms with Gasteiger partial charge < -0.3 is 0 Å². The third-order valence-corrected chi connectivity index (χ3v) is 4.07. The number of carbonyl (C=O) groups excluding carboxylic acids is 2. The Bertz CT molecular complexity index is 583. The molecular formula is C15H18IN3O2. The lowest BCUT2D eigenvalue weighted by molar-refractivity contribution is -0.144. The van der Waals surface area contributed by atoms with E-state index in [1.807, 2.05) is 52.0 Å². The number of guanidine groups is 1. The van der Waals surface area contributed by atoms with Gasteiger partial charge in [0.2, 0.25) is 5.96 Å². The van der Waals surface area contributed by atoms with Crippen molar-refractivity contribution < 1.29 is 9.59 Å². The topological polar surface area (TPSA) is 53.0 Å². The van der Waals surface area contributed by atoms with Crippen LogP contribution >= 0.6 is 22.6 Å². The summed E-state index contributed by atoms with van der Waals surface area (Å²) in [5, 5.41) is 0. The molecule has 0 bridgehead atoms. The molecule has 0 saturated carbocycles. The molecule has 1 aliphatic heterocycles. The molecule has 1 aromatic carbocycles. The van der Waals surface area contributed by atoms with Gasteiger partial charge in [0.15, 0.2) is 0 Å². The van der Waals surface area contributed by atoms with Crippen LogP contribution in [0.5, 0.6) is 0 Å². The molecule has 5 nitrogen and oxygen atoms in total. The fourth-order valence-corrected chi connectivity index (χ4v) is 2.70. The summed E-state index contributed by atoms with van der Waals surface area (Å²) < 4.78 is 0.974. The zero-order chi connectivity index (χ0) is 15.7. The highest BCUT2D eigenvalue weighted by atomic mass is 127. The fourth-order valence-electron chi connectivity index (χ4n) is 2.19. The van der Waals surface area contributed by atoms with E-state index in [0.717, 1.165) is 9.26 Å². The normalized spacial score (nSPS) is 15.7. The van der Waals surface area contributed by atoms with Gasteiger partial charge in [-0.15, -0.1) is 0 Å². The predicted molar refractivity (Wildman–Crippen MR) is 90.2 cm³/mol. The highest BCUT2D eigenvalue weighted by Gasteiger charge is 2.45. The third kappa shape index (κ3) is 2.95. The number of hydrogen-bond donors (Lipinski definition) is 0. The maximum absolute atomic E-state index is 12.2. The summed E-state index contributed by atoms with van der Waals surface area (Å²) in [4.78, 5) is 31.9. The van der Waals surface area contributed by atoms with Crippen molar-refractivity contribution in [3.8, 4) is 0 Å². The minimum atomic E-state index is -0.511. The average Bonchev–Trinajstić information content (AvgIpc) is 2.64. The first kappa shape index (κ1) is 15.9. The number of amides is 2. The van der Waals surface area contributed by atoms with Crippen molar-refractivity contribution in [2.24, 2.45) is 4.99 Å². The largest absolute Gasteiger partial charge is 0.319 e. The second-order valence-corrected chi connectivity index (χ2v) is 6.56. The highest BCUT2D eigenvalue weighted by molar-refractivity contribution is 14.1. The summed E-state index contributed by atoms with van der Waals surface area (Å²) in [5.41, 5.74) is 0.756. The Kier molecular flexibility index (Phi) is 4.65. The van der Waals surface area contributed by atoms with Crippen LogP contribution in [0, 0.1) is 3.57 Å². The lowest BCUT2D eigenvalue weighted by Crippen LogP contribution is -2.41. The van der Waals surface area contributed by atoms with Crippen molar-refractivity contribution in [2.75, 3.05) is 0 Å². The molecule has 21 heavy (non-hydrogen) atoms.